The number of fused-ring (bicyclic) bond motifs is 2. The molecule has 0 heterocycles. The van der Waals surface area contributed by atoms with Gasteiger partial charge in [-0.3, -0.25) is 0 Å². The van der Waals surface area contributed by atoms with Gasteiger partial charge in [0.25, 0.3) is 0 Å². The van der Waals surface area contributed by atoms with Crippen molar-refractivity contribution < 1.29 is 0 Å². The van der Waals surface area contributed by atoms with E-state index in [1.165, 1.54) is 22.3 Å². The van der Waals surface area contributed by atoms with Gasteiger partial charge in [-0.05, 0) is 49.6 Å². The molecule has 88 valence electrons. The maximum absolute atomic E-state index is 6.20. The third-order valence-electron chi connectivity index (χ3n) is 4.15. The van der Waals surface area contributed by atoms with Gasteiger partial charge in [-0.1, -0.05) is 29.8 Å². The molecule has 0 spiro atoms. The van der Waals surface area contributed by atoms with E-state index in [0.29, 0.717) is 0 Å². The highest BCUT2D eigenvalue weighted by atomic mass is 15.0. The Hall–Kier alpha value is -1.54. The lowest BCUT2D eigenvalue weighted by Crippen LogP contribution is -2.46. The Kier molecular flexibility index (Phi) is 2.17. The Labute approximate surface area is 102 Å². The standard InChI is InChI=1S/C15H18N2/c1-15(17-2)9-11-7-10-5-3-4-6-12(10)13(11)8-14(15)16/h3-6,8,17H,7,9,16H2,1-2H3. The van der Waals surface area contributed by atoms with Crippen LogP contribution >= 0.6 is 0 Å². The number of nitrogens with one attached hydrogen (secondary N) is 1. The molecular weight excluding hydrogens is 208 g/mol. The molecular formula is C15H18N2. The zero-order valence-corrected chi connectivity index (χ0v) is 10.4. The van der Waals surface area contributed by atoms with Crippen LogP contribution < -0.4 is 11.1 Å². The fourth-order valence-electron chi connectivity index (χ4n) is 2.87. The molecule has 0 radical (unpaired) electrons. The largest absolute Gasteiger partial charge is 0.401 e. The molecule has 2 aliphatic rings. The number of nitrogens with two attached hydrogens (primary N) is 1. The van der Waals surface area contributed by atoms with Crippen LogP contribution in [0.5, 0.6) is 0 Å². The van der Waals surface area contributed by atoms with Gasteiger partial charge in [0.2, 0.25) is 0 Å². The van der Waals surface area contributed by atoms with Crippen LogP contribution in [0, 0.1) is 0 Å². The molecule has 0 fully saturated rings. The summed E-state index contributed by atoms with van der Waals surface area (Å²) in [7, 11) is 1.98. The van der Waals surface area contributed by atoms with E-state index in [2.05, 4.69) is 42.6 Å². The van der Waals surface area contributed by atoms with E-state index < -0.39 is 0 Å². The van der Waals surface area contributed by atoms with Crippen LogP contribution in [0.4, 0.5) is 0 Å². The third kappa shape index (κ3) is 1.44. The second-order valence-electron chi connectivity index (χ2n) is 5.21. The maximum Gasteiger partial charge on any atom is 0.0588 e. The summed E-state index contributed by atoms with van der Waals surface area (Å²) in [6.07, 6.45) is 4.24. The number of benzene rings is 1. The first kappa shape index (κ1) is 10.6. The van der Waals surface area contributed by atoms with Crippen molar-refractivity contribution in [2.75, 3.05) is 7.05 Å². The number of allylic oxidation sites excluding steroid dienone is 2. The molecule has 0 aromatic heterocycles. The smallest absolute Gasteiger partial charge is 0.0588 e. The maximum atomic E-state index is 6.20. The average molecular weight is 226 g/mol. The summed E-state index contributed by atoms with van der Waals surface area (Å²) in [4.78, 5) is 0. The molecule has 0 saturated heterocycles. The Bertz CT molecular complexity index is 540. The van der Waals surface area contributed by atoms with Crippen LogP contribution in [0.25, 0.3) is 5.57 Å². The summed E-state index contributed by atoms with van der Waals surface area (Å²) in [6.45, 7) is 2.17. The van der Waals surface area contributed by atoms with Crippen LogP contribution in [-0.4, -0.2) is 12.6 Å². The molecule has 2 aliphatic carbocycles. The minimum Gasteiger partial charge on any atom is -0.401 e. The molecule has 1 aromatic carbocycles. The molecule has 0 amide bonds. The monoisotopic (exact) mass is 226 g/mol. The predicted octanol–water partition coefficient (Wildman–Crippen LogP) is 2.22. The van der Waals surface area contributed by atoms with Crippen LogP contribution in [0.15, 0.2) is 41.6 Å². The van der Waals surface area contributed by atoms with Crippen LogP contribution in [0.3, 0.4) is 0 Å². The van der Waals surface area contributed by atoms with E-state index in [9.17, 15) is 0 Å². The van der Waals surface area contributed by atoms with Crippen molar-refractivity contribution >= 4 is 5.57 Å². The zero-order valence-electron chi connectivity index (χ0n) is 10.4. The Morgan fingerprint density at radius 1 is 1.29 bits per heavy atom. The first-order valence-corrected chi connectivity index (χ1v) is 6.11. The van der Waals surface area contributed by atoms with Crippen molar-refractivity contribution in [1.82, 2.24) is 5.32 Å². The average Bonchev–Trinajstić information content (AvgIpc) is 2.67. The lowest BCUT2D eigenvalue weighted by atomic mass is 9.82. The van der Waals surface area contributed by atoms with Crippen molar-refractivity contribution in [3.05, 3.63) is 52.7 Å². The van der Waals surface area contributed by atoms with E-state index >= 15 is 0 Å². The number of rotatable bonds is 1. The molecule has 0 saturated carbocycles. The van der Waals surface area contributed by atoms with Crippen LogP contribution in [0.2, 0.25) is 0 Å². The van der Waals surface area contributed by atoms with Gasteiger partial charge in [-0.15, -0.1) is 0 Å². The van der Waals surface area contributed by atoms with E-state index in [0.717, 1.165) is 18.5 Å². The Morgan fingerprint density at radius 3 is 2.82 bits per heavy atom. The van der Waals surface area contributed by atoms with Gasteiger partial charge < -0.3 is 11.1 Å². The second-order valence-corrected chi connectivity index (χ2v) is 5.21. The topological polar surface area (TPSA) is 38.0 Å². The van der Waals surface area contributed by atoms with Gasteiger partial charge in [0, 0.05) is 5.70 Å². The van der Waals surface area contributed by atoms with Crippen molar-refractivity contribution in [2.24, 2.45) is 5.73 Å². The van der Waals surface area contributed by atoms with Crippen LogP contribution in [-0.2, 0) is 6.42 Å². The third-order valence-corrected chi connectivity index (χ3v) is 4.15. The predicted molar refractivity (Wildman–Crippen MR) is 71.4 cm³/mol. The number of hydrogen-bond acceptors (Lipinski definition) is 2. The molecule has 3 N–H and O–H groups in total. The summed E-state index contributed by atoms with van der Waals surface area (Å²) in [5.41, 5.74) is 12.7. The fourth-order valence-corrected chi connectivity index (χ4v) is 2.87. The second kappa shape index (κ2) is 3.47. The minimum absolute atomic E-state index is 0.0825. The van der Waals surface area contributed by atoms with E-state index in [1.54, 1.807) is 0 Å². The Balaban J connectivity index is 2.07. The van der Waals surface area contributed by atoms with Gasteiger partial charge >= 0.3 is 0 Å². The SMILES string of the molecule is CNC1(C)CC2=C(C=C1N)c1ccccc1C2. The minimum atomic E-state index is -0.0825. The molecule has 17 heavy (non-hydrogen) atoms. The number of hydrogen-bond donors (Lipinski definition) is 2. The van der Waals surface area contributed by atoms with E-state index in [-0.39, 0.29) is 5.54 Å². The molecule has 0 bridgehead atoms. The van der Waals surface area contributed by atoms with Gasteiger partial charge in [0.15, 0.2) is 0 Å². The van der Waals surface area contributed by atoms with Gasteiger partial charge in [0.1, 0.15) is 0 Å². The van der Waals surface area contributed by atoms with Crippen molar-refractivity contribution in [2.45, 2.75) is 25.3 Å². The molecule has 3 rings (SSSR count). The molecule has 2 nitrogen and oxygen atoms in total. The number of likely N-dealkylation sites (N-methyl/N-ethyl adjacent to an activating group) is 1. The van der Waals surface area contributed by atoms with E-state index in [4.69, 9.17) is 5.73 Å². The molecule has 0 aliphatic heterocycles. The van der Waals surface area contributed by atoms with Gasteiger partial charge in [-0.25, -0.2) is 0 Å². The highest BCUT2D eigenvalue weighted by molar-refractivity contribution is 5.85. The quantitative estimate of drug-likeness (QED) is 0.770. The lowest BCUT2D eigenvalue weighted by molar-refractivity contribution is 0.437. The van der Waals surface area contributed by atoms with Gasteiger partial charge in [-0.2, -0.15) is 0 Å². The highest BCUT2D eigenvalue weighted by Crippen LogP contribution is 2.42. The highest BCUT2D eigenvalue weighted by Gasteiger charge is 2.34. The summed E-state index contributed by atoms with van der Waals surface area (Å²) in [6, 6.07) is 8.63. The molecule has 1 unspecified atom stereocenters. The zero-order chi connectivity index (χ0) is 12.0. The van der Waals surface area contributed by atoms with E-state index in [1.807, 2.05) is 7.05 Å². The summed E-state index contributed by atoms with van der Waals surface area (Å²) >= 11 is 0. The lowest BCUT2D eigenvalue weighted by Gasteiger charge is -2.34. The molecule has 1 atom stereocenters. The Morgan fingerprint density at radius 2 is 2.06 bits per heavy atom. The normalized spacial score (nSPS) is 26.6. The summed E-state index contributed by atoms with van der Waals surface area (Å²) in [5.74, 6) is 0. The van der Waals surface area contributed by atoms with Crippen molar-refractivity contribution in [3.63, 3.8) is 0 Å². The first-order chi connectivity index (χ1) is 8.14. The van der Waals surface area contributed by atoms with Crippen LogP contribution in [0.1, 0.15) is 24.5 Å². The summed E-state index contributed by atoms with van der Waals surface area (Å²) < 4.78 is 0. The van der Waals surface area contributed by atoms with Gasteiger partial charge in [0.05, 0.1) is 5.54 Å². The summed E-state index contributed by atoms with van der Waals surface area (Å²) in [5, 5.41) is 3.34. The van der Waals surface area contributed by atoms with Crippen molar-refractivity contribution in [1.29, 1.82) is 0 Å². The fraction of sp³-hybridized carbons (Fsp3) is 0.333. The van der Waals surface area contributed by atoms with Crippen molar-refractivity contribution in [3.8, 4) is 0 Å². The molecule has 2 heteroatoms. The molecule has 1 aromatic rings. The first-order valence-electron chi connectivity index (χ1n) is 6.11.